The van der Waals surface area contributed by atoms with E-state index in [4.69, 9.17) is 4.74 Å². The largest absolute Gasteiger partial charge is 0.494 e. The SMILES string of the molecule is CCOc1ccc(N(CC(=O)N(Cc2ccccc2)C(C)C(=O)NC2CCCC2)S(=O)(=O)c2ccc(F)cc2)cc1. The van der Waals surface area contributed by atoms with Gasteiger partial charge in [-0.1, -0.05) is 43.2 Å². The van der Waals surface area contributed by atoms with Crippen LogP contribution in [0.3, 0.4) is 0 Å². The summed E-state index contributed by atoms with van der Waals surface area (Å²) in [6, 6.07) is 19.2. The third-order valence-electron chi connectivity index (χ3n) is 7.18. The van der Waals surface area contributed by atoms with Gasteiger partial charge in [0.15, 0.2) is 0 Å². The van der Waals surface area contributed by atoms with Crippen LogP contribution in [0.2, 0.25) is 0 Å². The van der Waals surface area contributed by atoms with Gasteiger partial charge in [0.05, 0.1) is 17.2 Å². The van der Waals surface area contributed by atoms with E-state index in [9.17, 15) is 22.4 Å². The fraction of sp³-hybridized carbons (Fsp3) is 0.355. The molecule has 1 fully saturated rings. The summed E-state index contributed by atoms with van der Waals surface area (Å²) in [4.78, 5) is 28.5. The lowest BCUT2D eigenvalue weighted by Gasteiger charge is -2.32. The number of nitrogens with zero attached hydrogens (tertiary/aromatic N) is 2. The van der Waals surface area contributed by atoms with Crippen molar-refractivity contribution in [2.45, 2.75) is 63.1 Å². The lowest BCUT2D eigenvalue weighted by atomic mass is 10.1. The van der Waals surface area contributed by atoms with Gasteiger partial charge >= 0.3 is 0 Å². The van der Waals surface area contributed by atoms with Crippen molar-refractivity contribution in [1.82, 2.24) is 10.2 Å². The molecule has 1 aliphatic rings. The highest BCUT2D eigenvalue weighted by Gasteiger charge is 2.33. The number of hydrogen-bond donors (Lipinski definition) is 1. The van der Waals surface area contributed by atoms with Gasteiger partial charge in [-0.15, -0.1) is 0 Å². The Morgan fingerprint density at radius 1 is 0.976 bits per heavy atom. The molecule has 3 aromatic carbocycles. The van der Waals surface area contributed by atoms with Gasteiger partial charge in [-0.25, -0.2) is 12.8 Å². The molecule has 1 N–H and O–H groups in total. The van der Waals surface area contributed by atoms with E-state index in [0.717, 1.165) is 59.8 Å². The predicted molar refractivity (Wildman–Crippen MR) is 155 cm³/mol. The Bertz CT molecular complexity index is 1410. The Kier molecular flexibility index (Phi) is 9.99. The van der Waals surface area contributed by atoms with Crippen molar-refractivity contribution in [2.75, 3.05) is 17.5 Å². The minimum atomic E-state index is -4.28. The minimum Gasteiger partial charge on any atom is -0.494 e. The van der Waals surface area contributed by atoms with Gasteiger partial charge in [0.2, 0.25) is 11.8 Å². The third-order valence-corrected chi connectivity index (χ3v) is 8.97. The molecule has 1 aliphatic carbocycles. The maximum atomic E-state index is 14.0. The Balaban J connectivity index is 1.67. The van der Waals surface area contributed by atoms with Crippen molar-refractivity contribution < 1.29 is 27.1 Å². The number of sulfonamides is 1. The fourth-order valence-electron chi connectivity index (χ4n) is 4.89. The van der Waals surface area contributed by atoms with Crippen molar-refractivity contribution in [2.24, 2.45) is 0 Å². The highest BCUT2D eigenvalue weighted by atomic mass is 32.2. The topological polar surface area (TPSA) is 96.0 Å². The summed E-state index contributed by atoms with van der Waals surface area (Å²) >= 11 is 0. The Labute approximate surface area is 241 Å². The van der Waals surface area contributed by atoms with Crippen LogP contribution in [0, 0.1) is 5.82 Å². The summed E-state index contributed by atoms with van der Waals surface area (Å²) < 4.78 is 47.8. The average molecular weight is 582 g/mol. The Morgan fingerprint density at radius 3 is 2.22 bits per heavy atom. The van der Waals surface area contributed by atoms with Crippen LogP contribution in [0.4, 0.5) is 10.1 Å². The molecule has 218 valence electrons. The molecule has 0 aliphatic heterocycles. The standard InChI is InChI=1S/C31H36FN3O5S/c1-3-40-28-17-15-27(16-18-28)35(41(38,39)29-19-13-25(32)14-20-29)22-30(36)34(21-24-9-5-4-6-10-24)23(2)31(37)33-26-11-7-8-12-26/h4-6,9-10,13-20,23,26H,3,7-8,11-12,21-22H2,1-2H3,(H,33,37). The second-order valence-corrected chi connectivity index (χ2v) is 11.9. The van der Waals surface area contributed by atoms with Gasteiger partial charge in [-0.2, -0.15) is 0 Å². The van der Waals surface area contributed by atoms with Crippen molar-refractivity contribution >= 4 is 27.5 Å². The fourth-order valence-corrected chi connectivity index (χ4v) is 6.31. The highest BCUT2D eigenvalue weighted by Crippen LogP contribution is 2.27. The number of benzene rings is 3. The predicted octanol–water partition coefficient (Wildman–Crippen LogP) is 4.90. The lowest BCUT2D eigenvalue weighted by Crippen LogP contribution is -2.52. The second-order valence-electron chi connectivity index (χ2n) is 10.1. The molecule has 1 atom stereocenters. The van der Waals surface area contributed by atoms with Crippen LogP contribution in [0.15, 0.2) is 83.8 Å². The van der Waals surface area contributed by atoms with Crippen LogP contribution in [0.5, 0.6) is 5.75 Å². The summed E-state index contributed by atoms with van der Waals surface area (Å²) in [6.07, 6.45) is 3.88. The molecule has 0 spiro atoms. The number of nitrogens with one attached hydrogen (secondary N) is 1. The Morgan fingerprint density at radius 2 is 1.61 bits per heavy atom. The van der Waals surface area contributed by atoms with Gasteiger partial charge < -0.3 is 15.0 Å². The second kappa shape index (κ2) is 13.6. The molecule has 0 saturated heterocycles. The average Bonchev–Trinajstić information content (AvgIpc) is 3.48. The molecule has 0 radical (unpaired) electrons. The molecular weight excluding hydrogens is 545 g/mol. The monoisotopic (exact) mass is 581 g/mol. The first-order valence-corrected chi connectivity index (χ1v) is 15.3. The molecule has 1 unspecified atom stereocenters. The minimum absolute atomic E-state index is 0.0674. The quantitative estimate of drug-likeness (QED) is 0.329. The molecular formula is C31H36FN3O5S. The Hall–Kier alpha value is -3.92. The molecule has 1 saturated carbocycles. The van der Waals surface area contributed by atoms with E-state index in [1.165, 1.54) is 4.90 Å². The molecule has 0 heterocycles. The van der Waals surface area contributed by atoms with Crippen LogP contribution >= 0.6 is 0 Å². The molecule has 8 nitrogen and oxygen atoms in total. The molecule has 10 heteroatoms. The summed E-state index contributed by atoms with van der Waals surface area (Å²) in [5.74, 6) is -0.869. The van der Waals surface area contributed by atoms with Gasteiger partial charge in [-0.05, 0) is 80.8 Å². The number of ether oxygens (including phenoxy) is 1. The van der Waals surface area contributed by atoms with E-state index in [1.54, 1.807) is 31.2 Å². The van der Waals surface area contributed by atoms with Crippen molar-refractivity contribution in [3.8, 4) is 5.75 Å². The number of rotatable bonds is 12. The molecule has 41 heavy (non-hydrogen) atoms. The maximum Gasteiger partial charge on any atom is 0.264 e. The molecule has 0 aromatic heterocycles. The first kappa shape index (κ1) is 30.0. The van der Waals surface area contributed by atoms with Crippen LogP contribution in [0.25, 0.3) is 0 Å². The van der Waals surface area contributed by atoms with Gasteiger partial charge in [0.25, 0.3) is 10.0 Å². The van der Waals surface area contributed by atoms with Gasteiger partial charge in [0, 0.05) is 12.6 Å². The number of amides is 2. The molecule has 3 aromatic rings. The van der Waals surface area contributed by atoms with E-state index in [-0.39, 0.29) is 29.1 Å². The maximum absolute atomic E-state index is 14.0. The summed E-state index contributed by atoms with van der Waals surface area (Å²) in [6.45, 7) is 3.48. The van der Waals surface area contributed by atoms with E-state index >= 15 is 0 Å². The van der Waals surface area contributed by atoms with E-state index in [0.29, 0.717) is 12.4 Å². The zero-order chi connectivity index (χ0) is 29.4. The molecule has 4 rings (SSSR count). The van der Waals surface area contributed by atoms with Crippen LogP contribution < -0.4 is 14.4 Å². The number of halogens is 1. The normalized spacial score (nSPS) is 14.3. The zero-order valence-electron chi connectivity index (χ0n) is 23.3. The third kappa shape index (κ3) is 7.64. The van der Waals surface area contributed by atoms with Gasteiger partial charge in [0.1, 0.15) is 24.2 Å². The van der Waals surface area contributed by atoms with Gasteiger partial charge in [-0.3, -0.25) is 13.9 Å². The summed E-state index contributed by atoms with van der Waals surface area (Å²) in [5, 5.41) is 3.05. The van der Waals surface area contributed by atoms with E-state index in [1.807, 2.05) is 37.3 Å². The van der Waals surface area contributed by atoms with Crippen LogP contribution in [-0.4, -0.2) is 50.4 Å². The first-order valence-electron chi connectivity index (χ1n) is 13.8. The number of carbonyl (C=O) groups is 2. The lowest BCUT2D eigenvalue weighted by molar-refractivity contribution is -0.139. The van der Waals surface area contributed by atoms with Crippen molar-refractivity contribution in [1.29, 1.82) is 0 Å². The van der Waals surface area contributed by atoms with Crippen molar-refractivity contribution in [3.63, 3.8) is 0 Å². The smallest absolute Gasteiger partial charge is 0.264 e. The number of anilines is 1. The van der Waals surface area contributed by atoms with E-state index in [2.05, 4.69) is 5.32 Å². The zero-order valence-corrected chi connectivity index (χ0v) is 24.1. The van der Waals surface area contributed by atoms with E-state index < -0.39 is 34.3 Å². The van der Waals surface area contributed by atoms with Crippen LogP contribution in [-0.2, 0) is 26.2 Å². The molecule has 2 amide bonds. The summed E-state index contributed by atoms with van der Waals surface area (Å²) in [5.41, 5.74) is 1.03. The summed E-state index contributed by atoms with van der Waals surface area (Å²) in [7, 11) is -4.28. The molecule has 0 bridgehead atoms. The number of hydrogen-bond acceptors (Lipinski definition) is 5. The number of carbonyl (C=O) groups excluding carboxylic acids is 2. The van der Waals surface area contributed by atoms with Crippen LogP contribution in [0.1, 0.15) is 45.1 Å². The highest BCUT2D eigenvalue weighted by molar-refractivity contribution is 7.92. The first-order chi connectivity index (χ1) is 19.7. The van der Waals surface area contributed by atoms with Crippen molar-refractivity contribution in [3.05, 3.63) is 90.2 Å².